The minimum atomic E-state index is -0.172. The van der Waals surface area contributed by atoms with Crippen molar-refractivity contribution in [1.82, 2.24) is 5.32 Å². The lowest BCUT2D eigenvalue weighted by molar-refractivity contribution is 0.127. The predicted octanol–water partition coefficient (Wildman–Crippen LogP) is 2.14. The Morgan fingerprint density at radius 3 is 2.80 bits per heavy atom. The predicted molar refractivity (Wildman–Crippen MR) is 79.5 cm³/mol. The van der Waals surface area contributed by atoms with E-state index in [0.717, 1.165) is 17.9 Å². The highest BCUT2D eigenvalue weighted by Crippen LogP contribution is 2.41. The molecule has 1 heterocycles. The molecule has 0 aromatic heterocycles. The lowest BCUT2D eigenvalue weighted by Crippen LogP contribution is -2.41. The van der Waals surface area contributed by atoms with Crippen LogP contribution in [0, 0.1) is 0 Å². The third-order valence-corrected chi connectivity index (χ3v) is 3.28. The molecule has 2 rings (SSSR count). The summed E-state index contributed by atoms with van der Waals surface area (Å²) in [6, 6.07) is 6.23. The van der Waals surface area contributed by atoms with Gasteiger partial charge in [0.15, 0.2) is 11.5 Å². The van der Waals surface area contributed by atoms with Crippen LogP contribution in [0.15, 0.2) is 18.2 Å². The summed E-state index contributed by atoms with van der Waals surface area (Å²) in [6.45, 7) is 8.73. The fourth-order valence-electron chi connectivity index (χ4n) is 2.52. The van der Waals surface area contributed by atoms with E-state index in [9.17, 15) is 5.11 Å². The van der Waals surface area contributed by atoms with Crippen LogP contribution in [0.2, 0.25) is 0 Å². The van der Waals surface area contributed by atoms with Crippen molar-refractivity contribution in [2.24, 2.45) is 0 Å². The van der Waals surface area contributed by atoms with Gasteiger partial charge in [-0.3, -0.25) is 0 Å². The van der Waals surface area contributed by atoms with Gasteiger partial charge >= 0.3 is 0 Å². The van der Waals surface area contributed by atoms with Crippen molar-refractivity contribution >= 4 is 0 Å². The largest absolute Gasteiger partial charge is 0.488 e. The number of hydrogen-bond donors (Lipinski definition) is 2. The van der Waals surface area contributed by atoms with Crippen LogP contribution in [0.3, 0.4) is 0 Å². The number of nitrogens with one attached hydrogen (secondary N) is 1. The molecule has 20 heavy (non-hydrogen) atoms. The number of aliphatic hydroxyl groups is 1. The van der Waals surface area contributed by atoms with Crippen molar-refractivity contribution < 1.29 is 14.6 Å². The molecule has 1 aromatic carbocycles. The SMILES string of the molecule is CC(C)NC(CO)COc1cccc2c1OC(C)(C)C2. The molecule has 0 fully saturated rings. The standard InChI is InChI=1S/C16H25NO3/c1-11(2)17-13(9-18)10-19-14-7-5-6-12-8-16(3,4)20-15(12)14/h5-7,11,13,17-18H,8-10H2,1-4H3. The summed E-state index contributed by atoms with van der Waals surface area (Å²) in [5.41, 5.74) is 1.01. The maximum atomic E-state index is 9.36. The molecule has 0 spiro atoms. The Hall–Kier alpha value is -1.26. The molecule has 0 bridgehead atoms. The van der Waals surface area contributed by atoms with Crippen molar-refractivity contribution in [3.05, 3.63) is 23.8 Å². The van der Waals surface area contributed by atoms with E-state index in [-0.39, 0.29) is 18.2 Å². The summed E-state index contributed by atoms with van der Waals surface area (Å²) >= 11 is 0. The van der Waals surface area contributed by atoms with Gasteiger partial charge in [0.1, 0.15) is 12.2 Å². The maximum absolute atomic E-state index is 9.36. The average Bonchev–Trinajstić information content (AvgIpc) is 2.68. The van der Waals surface area contributed by atoms with Crippen LogP contribution in [0.4, 0.5) is 0 Å². The molecule has 1 unspecified atom stereocenters. The smallest absolute Gasteiger partial charge is 0.165 e. The van der Waals surface area contributed by atoms with Gasteiger partial charge in [0, 0.05) is 18.0 Å². The lowest BCUT2D eigenvalue weighted by atomic mass is 10.0. The molecule has 2 N–H and O–H groups in total. The molecule has 112 valence electrons. The maximum Gasteiger partial charge on any atom is 0.165 e. The Bertz CT molecular complexity index is 457. The Balaban J connectivity index is 2.03. The number of para-hydroxylation sites is 1. The van der Waals surface area contributed by atoms with E-state index in [1.165, 1.54) is 5.56 Å². The van der Waals surface area contributed by atoms with Gasteiger partial charge in [-0.2, -0.15) is 0 Å². The van der Waals surface area contributed by atoms with Gasteiger partial charge in [-0.15, -0.1) is 0 Å². The summed E-state index contributed by atoms with van der Waals surface area (Å²) in [7, 11) is 0. The molecular formula is C16H25NO3. The number of benzene rings is 1. The lowest BCUT2D eigenvalue weighted by Gasteiger charge is -2.21. The molecule has 0 radical (unpaired) electrons. The first-order valence-electron chi connectivity index (χ1n) is 7.22. The first kappa shape index (κ1) is 15.1. The third-order valence-electron chi connectivity index (χ3n) is 3.28. The highest BCUT2D eigenvalue weighted by atomic mass is 16.5. The molecule has 4 nitrogen and oxygen atoms in total. The molecule has 0 saturated heterocycles. The van der Waals surface area contributed by atoms with Crippen LogP contribution in [-0.2, 0) is 6.42 Å². The molecule has 4 heteroatoms. The van der Waals surface area contributed by atoms with Crippen LogP contribution in [0.1, 0.15) is 33.3 Å². The summed E-state index contributed by atoms with van der Waals surface area (Å²) in [4.78, 5) is 0. The summed E-state index contributed by atoms with van der Waals surface area (Å²) in [5, 5.41) is 12.6. The molecule has 1 atom stereocenters. The second-order valence-corrected chi connectivity index (χ2v) is 6.29. The molecule has 1 aliphatic rings. The summed E-state index contributed by atoms with van der Waals surface area (Å²) < 4.78 is 11.8. The van der Waals surface area contributed by atoms with Crippen molar-refractivity contribution in [3.63, 3.8) is 0 Å². The van der Waals surface area contributed by atoms with E-state index in [1.54, 1.807) is 0 Å². The van der Waals surface area contributed by atoms with E-state index in [2.05, 4.69) is 39.1 Å². The van der Waals surface area contributed by atoms with Crippen molar-refractivity contribution in [1.29, 1.82) is 0 Å². The van der Waals surface area contributed by atoms with Crippen LogP contribution >= 0.6 is 0 Å². The monoisotopic (exact) mass is 279 g/mol. The van der Waals surface area contributed by atoms with E-state index in [4.69, 9.17) is 9.47 Å². The number of hydrogen-bond acceptors (Lipinski definition) is 4. The molecule has 0 aliphatic carbocycles. The van der Waals surface area contributed by atoms with Crippen LogP contribution < -0.4 is 14.8 Å². The highest BCUT2D eigenvalue weighted by Gasteiger charge is 2.32. The number of ether oxygens (including phenoxy) is 2. The Kier molecular flexibility index (Phi) is 4.55. The van der Waals surface area contributed by atoms with Gasteiger partial charge in [-0.1, -0.05) is 26.0 Å². The zero-order valence-electron chi connectivity index (χ0n) is 12.8. The first-order valence-corrected chi connectivity index (χ1v) is 7.22. The number of rotatable bonds is 6. The van der Waals surface area contributed by atoms with E-state index in [0.29, 0.717) is 12.6 Å². The van der Waals surface area contributed by atoms with E-state index >= 15 is 0 Å². The van der Waals surface area contributed by atoms with Gasteiger partial charge < -0.3 is 19.9 Å². The number of aliphatic hydroxyl groups excluding tert-OH is 1. The fourth-order valence-corrected chi connectivity index (χ4v) is 2.52. The Morgan fingerprint density at radius 1 is 1.40 bits per heavy atom. The molecule has 0 amide bonds. The topological polar surface area (TPSA) is 50.7 Å². The van der Waals surface area contributed by atoms with Crippen molar-refractivity contribution in [2.75, 3.05) is 13.2 Å². The van der Waals surface area contributed by atoms with Gasteiger partial charge in [0.2, 0.25) is 0 Å². The molecular weight excluding hydrogens is 254 g/mol. The minimum Gasteiger partial charge on any atom is -0.488 e. The van der Waals surface area contributed by atoms with Crippen molar-refractivity contribution in [3.8, 4) is 11.5 Å². The minimum absolute atomic E-state index is 0.0551. The normalized spacial score (nSPS) is 17.7. The van der Waals surface area contributed by atoms with Crippen LogP contribution in [0.25, 0.3) is 0 Å². The Labute approximate surface area is 121 Å². The molecule has 0 saturated carbocycles. The van der Waals surface area contributed by atoms with E-state index < -0.39 is 0 Å². The zero-order valence-corrected chi connectivity index (χ0v) is 12.8. The second kappa shape index (κ2) is 6.02. The van der Waals surface area contributed by atoms with Gasteiger partial charge in [0.25, 0.3) is 0 Å². The highest BCUT2D eigenvalue weighted by molar-refractivity contribution is 5.50. The summed E-state index contributed by atoms with van der Waals surface area (Å²) in [5.74, 6) is 1.61. The molecule has 1 aromatic rings. The Morgan fingerprint density at radius 2 is 2.15 bits per heavy atom. The number of fused-ring (bicyclic) bond motifs is 1. The fraction of sp³-hybridized carbons (Fsp3) is 0.625. The van der Waals surface area contributed by atoms with Crippen LogP contribution in [0.5, 0.6) is 11.5 Å². The van der Waals surface area contributed by atoms with E-state index in [1.807, 2.05) is 12.1 Å². The van der Waals surface area contributed by atoms with Gasteiger partial charge in [-0.05, 0) is 19.9 Å². The molecule has 1 aliphatic heterocycles. The quantitative estimate of drug-likeness (QED) is 0.837. The third kappa shape index (κ3) is 3.64. The van der Waals surface area contributed by atoms with Gasteiger partial charge in [-0.25, -0.2) is 0 Å². The van der Waals surface area contributed by atoms with Gasteiger partial charge in [0.05, 0.1) is 12.6 Å². The van der Waals surface area contributed by atoms with Crippen LogP contribution in [-0.4, -0.2) is 36.0 Å². The second-order valence-electron chi connectivity index (χ2n) is 6.29. The van der Waals surface area contributed by atoms with Crippen molar-refractivity contribution in [2.45, 2.75) is 51.8 Å². The first-order chi connectivity index (χ1) is 9.41. The summed E-state index contributed by atoms with van der Waals surface area (Å²) in [6.07, 6.45) is 0.896. The average molecular weight is 279 g/mol. The zero-order chi connectivity index (χ0) is 14.8.